The zero-order valence-electron chi connectivity index (χ0n) is 11.9. The van der Waals surface area contributed by atoms with Crippen LogP contribution in [-0.4, -0.2) is 47.9 Å². The number of rotatable bonds is 6. The zero-order valence-corrected chi connectivity index (χ0v) is 11.9. The Kier molecular flexibility index (Phi) is 5.96. The highest BCUT2D eigenvalue weighted by Gasteiger charge is 2.31. The van der Waals surface area contributed by atoms with Gasteiger partial charge < -0.3 is 4.90 Å². The molecule has 1 saturated heterocycles. The Bertz CT molecular complexity index is 234. The summed E-state index contributed by atoms with van der Waals surface area (Å²) in [5, 5.41) is 0. The molecule has 1 aliphatic rings. The van der Waals surface area contributed by atoms with Crippen LogP contribution in [0.5, 0.6) is 0 Å². The van der Waals surface area contributed by atoms with Crippen molar-refractivity contribution in [1.82, 2.24) is 9.80 Å². The van der Waals surface area contributed by atoms with Gasteiger partial charge in [0.25, 0.3) is 0 Å². The molecular formula is C14H28N2O. The van der Waals surface area contributed by atoms with Crippen LogP contribution < -0.4 is 0 Å². The molecule has 1 rings (SSSR count). The van der Waals surface area contributed by atoms with Gasteiger partial charge >= 0.3 is 0 Å². The van der Waals surface area contributed by atoms with Crippen molar-refractivity contribution in [2.75, 3.05) is 26.2 Å². The molecule has 1 amide bonds. The molecule has 0 saturated carbocycles. The average molecular weight is 240 g/mol. The van der Waals surface area contributed by atoms with Crippen LogP contribution in [0.25, 0.3) is 0 Å². The minimum absolute atomic E-state index is 0.241. The lowest BCUT2D eigenvalue weighted by atomic mass is 10.0. The summed E-state index contributed by atoms with van der Waals surface area (Å²) in [5.74, 6) is 0.620. The molecule has 0 spiro atoms. The van der Waals surface area contributed by atoms with Crippen LogP contribution in [0.1, 0.15) is 47.0 Å². The molecule has 1 unspecified atom stereocenters. The van der Waals surface area contributed by atoms with Crippen molar-refractivity contribution in [3.8, 4) is 0 Å². The Labute approximate surface area is 106 Å². The number of likely N-dealkylation sites (N-methyl/N-ethyl adjacent to an activating group) is 1. The molecule has 0 N–H and O–H groups in total. The van der Waals surface area contributed by atoms with E-state index in [2.05, 4.69) is 37.5 Å². The van der Waals surface area contributed by atoms with Gasteiger partial charge in [0.15, 0.2) is 0 Å². The van der Waals surface area contributed by atoms with Crippen molar-refractivity contribution >= 4 is 5.91 Å². The number of hydrogen-bond acceptors (Lipinski definition) is 2. The highest BCUT2D eigenvalue weighted by Crippen LogP contribution is 2.20. The van der Waals surface area contributed by atoms with E-state index in [0.717, 1.165) is 45.4 Å². The fourth-order valence-corrected chi connectivity index (χ4v) is 2.88. The monoisotopic (exact) mass is 240 g/mol. The molecule has 1 heterocycles. The van der Waals surface area contributed by atoms with Crippen LogP contribution in [0.4, 0.5) is 0 Å². The van der Waals surface area contributed by atoms with Gasteiger partial charge in [0, 0.05) is 25.0 Å². The lowest BCUT2D eigenvalue weighted by Gasteiger charge is -2.27. The summed E-state index contributed by atoms with van der Waals surface area (Å²) in [5.41, 5.74) is 0. The van der Waals surface area contributed by atoms with E-state index >= 15 is 0 Å². The molecule has 0 radical (unpaired) electrons. The number of amides is 1. The molecule has 1 atom stereocenters. The standard InChI is InChI=1S/C14H28N2O/c1-5-12(6-2)14(17)16-10-9-13(11-16)15(7-3)8-4/h12-13H,5-11H2,1-4H3. The third kappa shape index (κ3) is 3.44. The van der Waals surface area contributed by atoms with Crippen molar-refractivity contribution in [2.24, 2.45) is 5.92 Å². The maximum atomic E-state index is 12.3. The topological polar surface area (TPSA) is 23.6 Å². The second kappa shape index (κ2) is 7.00. The molecule has 1 aliphatic heterocycles. The number of carbonyl (C=O) groups excluding carboxylic acids is 1. The molecule has 17 heavy (non-hydrogen) atoms. The summed E-state index contributed by atoms with van der Waals surface area (Å²) in [7, 11) is 0. The summed E-state index contributed by atoms with van der Waals surface area (Å²) >= 11 is 0. The average Bonchev–Trinajstić information content (AvgIpc) is 2.81. The molecule has 3 nitrogen and oxygen atoms in total. The second-order valence-corrected chi connectivity index (χ2v) is 4.96. The van der Waals surface area contributed by atoms with Gasteiger partial charge in [-0.3, -0.25) is 9.69 Å². The van der Waals surface area contributed by atoms with Crippen LogP contribution in [-0.2, 0) is 4.79 Å². The third-order valence-electron chi connectivity index (χ3n) is 4.14. The Hall–Kier alpha value is -0.570. The van der Waals surface area contributed by atoms with Crippen LogP contribution >= 0.6 is 0 Å². The van der Waals surface area contributed by atoms with E-state index in [-0.39, 0.29) is 5.92 Å². The van der Waals surface area contributed by atoms with E-state index in [4.69, 9.17) is 0 Å². The van der Waals surface area contributed by atoms with Gasteiger partial charge in [-0.25, -0.2) is 0 Å². The second-order valence-electron chi connectivity index (χ2n) is 4.96. The molecule has 0 aromatic rings. The molecule has 0 aromatic carbocycles. The van der Waals surface area contributed by atoms with E-state index < -0.39 is 0 Å². The lowest BCUT2D eigenvalue weighted by molar-refractivity contribution is -0.134. The van der Waals surface area contributed by atoms with Gasteiger partial charge in [-0.1, -0.05) is 27.7 Å². The van der Waals surface area contributed by atoms with Crippen LogP contribution in [0, 0.1) is 5.92 Å². The van der Waals surface area contributed by atoms with Crippen LogP contribution in [0.3, 0.4) is 0 Å². The smallest absolute Gasteiger partial charge is 0.225 e. The number of nitrogens with zero attached hydrogens (tertiary/aromatic N) is 2. The van der Waals surface area contributed by atoms with E-state index in [1.807, 2.05) is 0 Å². The van der Waals surface area contributed by atoms with Crippen LogP contribution in [0.15, 0.2) is 0 Å². The largest absolute Gasteiger partial charge is 0.341 e. The first kappa shape index (κ1) is 14.5. The predicted molar refractivity (Wildman–Crippen MR) is 72.0 cm³/mol. The molecule has 0 aromatic heterocycles. The highest BCUT2D eigenvalue weighted by molar-refractivity contribution is 5.79. The predicted octanol–water partition coefficient (Wildman–Crippen LogP) is 2.37. The third-order valence-corrected chi connectivity index (χ3v) is 4.14. The van der Waals surface area contributed by atoms with E-state index in [9.17, 15) is 4.79 Å². The Morgan fingerprint density at radius 3 is 2.29 bits per heavy atom. The highest BCUT2D eigenvalue weighted by atomic mass is 16.2. The van der Waals surface area contributed by atoms with Crippen molar-refractivity contribution in [3.05, 3.63) is 0 Å². The van der Waals surface area contributed by atoms with Gasteiger partial charge in [0.1, 0.15) is 0 Å². The lowest BCUT2D eigenvalue weighted by Crippen LogP contribution is -2.40. The van der Waals surface area contributed by atoms with Crippen LogP contribution in [0.2, 0.25) is 0 Å². The molecule has 0 aliphatic carbocycles. The van der Waals surface area contributed by atoms with Gasteiger partial charge in [0.05, 0.1) is 0 Å². The van der Waals surface area contributed by atoms with Crippen molar-refractivity contribution < 1.29 is 4.79 Å². The fourth-order valence-electron chi connectivity index (χ4n) is 2.88. The van der Waals surface area contributed by atoms with E-state index in [0.29, 0.717) is 11.9 Å². The quantitative estimate of drug-likeness (QED) is 0.711. The van der Waals surface area contributed by atoms with Gasteiger partial charge in [-0.05, 0) is 32.4 Å². The molecule has 1 fully saturated rings. The van der Waals surface area contributed by atoms with Gasteiger partial charge in [-0.2, -0.15) is 0 Å². The summed E-state index contributed by atoms with van der Waals surface area (Å²) in [6, 6.07) is 0.586. The minimum Gasteiger partial charge on any atom is -0.341 e. The molecule has 3 heteroatoms. The van der Waals surface area contributed by atoms with Gasteiger partial charge in [-0.15, -0.1) is 0 Å². The number of hydrogen-bond donors (Lipinski definition) is 0. The summed E-state index contributed by atoms with van der Waals surface area (Å²) in [4.78, 5) is 16.8. The first-order valence-corrected chi connectivity index (χ1v) is 7.20. The summed E-state index contributed by atoms with van der Waals surface area (Å²) < 4.78 is 0. The summed E-state index contributed by atoms with van der Waals surface area (Å²) in [6.45, 7) is 12.7. The van der Waals surface area contributed by atoms with E-state index in [1.165, 1.54) is 0 Å². The number of likely N-dealkylation sites (tertiary alicyclic amines) is 1. The first-order valence-electron chi connectivity index (χ1n) is 7.20. The fraction of sp³-hybridized carbons (Fsp3) is 0.929. The maximum absolute atomic E-state index is 12.3. The Balaban J connectivity index is 2.52. The summed E-state index contributed by atoms with van der Waals surface area (Å²) in [6.07, 6.45) is 3.09. The molecule has 0 bridgehead atoms. The normalized spacial score (nSPS) is 20.6. The maximum Gasteiger partial charge on any atom is 0.225 e. The SMILES string of the molecule is CCC(CC)C(=O)N1CCC(N(CC)CC)C1. The van der Waals surface area contributed by atoms with Crippen molar-refractivity contribution in [1.29, 1.82) is 0 Å². The minimum atomic E-state index is 0.241. The molecule has 100 valence electrons. The first-order chi connectivity index (χ1) is 8.17. The van der Waals surface area contributed by atoms with Crippen molar-refractivity contribution in [2.45, 2.75) is 53.0 Å². The molecular weight excluding hydrogens is 212 g/mol. The number of carbonyl (C=O) groups is 1. The Morgan fingerprint density at radius 1 is 1.24 bits per heavy atom. The van der Waals surface area contributed by atoms with E-state index in [1.54, 1.807) is 0 Å². The van der Waals surface area contributed by atoms with Gasteiger partial charge in [0.2, 0.25) is 5.91 Å². The van der Waals surface area contributed by atoms with Crippen molar-refractivity contribution in [3.63, 3.8) is 0 Å². The Morgan fingerprint density at radius 2 is 1.82 bits per heavy atom. The zero-order chi connectivity index (χ0) is 12.8.